The summed E-state index contributed by atoms with van der Waals surface area (Å²) in [6.07, 6.45) is 3.60. The minimum atomic E-state index is 0.713. The molecule has 0 aliphatic rings. The molecule has 0 atom stereocenters. The van der Waals surface area contributed by atoms with E-state index in [2.05, 4.69) is 25.2 Å². The van der Waals surface area contributed by atoms with E-state index in [1.807, 2.05) is 50.5 Å². The van der Waals surface area contributed by atoms with Gasteiger partial charge in [0.1, 0.15) is 11.6 Å². The first kappa shape index (κ1) is 14.4. The average molecular weight is 293 g/mol. The van der Waals surface area contributed by atoms with Gasteiger partial charge in [0.15, 0.2) is 0 Å². The molecule has 1 N–H and O–H groups in total. The number of aromatic nitrogens is 3. The Kier molecular flexibility index (Phi) is 4.25. The van der Waals surface area contributed by atoms with Crippen LogP contribution in [-0.4, -0.2) is 33.9 Å². The SMILES string of the molecule is CN(C)Cc1nc(NCc2ccncc2)c2ccccc2n1. The van der Waals surface area contributed by atoms with E-state index in [4.69, 9.17) is 0 Å². The van der Waals surface area contributed by atoms with E-state index in [-0.39, 0.29) is 0 Å². The molecule has 1 aromatic carbocycles. The summed E-state index contributed by atoms with van der Waals surface area (Å²) in [5.74, 6) is 1.69. The van der Waals surface area contributed by atoms with Crippen LogP contribution in [0, 0.1) is 0 Å². The Morgan fingerprint density at radius 1 is 1.00 bits per heavy atom. The third-order valence-corrected chi connectivity index (χ3v) is 3.32. The lowest BCUT2D eigenvalue weighted by Crippen LogP contribution is -2.14. The number of hydrogen-bond donors (Lipinski definition) is 1. The lowest BCUT2D eigenvalue weighted by Gasteiger charge is -2.13. The summed E-state index contributed by atoms with van der Waals surface area (Å²) in [6, 6.07) is 12.1. The molecule has 0 amide bonds. The molecule has 0 unspecified atom stereocenters. The number of rotatable bonds is 5. The van der Waals surface area contributed by atoms with Crippen molar-refractivity contribution < 1.29 is 0 Å². The van der Waals surface area contributed by atoms with Crippen molar-refractivity contribution >= 4 is 16.7 Å². The highest BCUT2D eigenvalue weighted by Gasteiger charge is 2.08. The van der Waals surface area contributed by atoms with E-state index in [1.54, 1.807) is 12.4 Å². The first-order valence-corrected chi connectivity index (χ1v) is 7.25. The van der Waals surface area contributed by atoms with E-state index >= 15 is 0 Å². The van der Waals surface area contributed by atoms with E-state index in [9.17, 15) is 0 Å². The topological polar surface area (TPSA) is 53.9 Å². The lowest BCUT2D eigenvalue weighted by molar-refractivity contribution is 0.391. The van der Waals surface area contributed by atoms with Crippen LogP contribution in [-0.2, 0) is 13.1 Å². The molecular formula is C17H19N5. The fraction of sp³-hybridized carbons (Fsp3) is 0.235. The molecule has 22 heavy (non-hydrogen) atoms. The average Bonchev–Trinajstić information content (AvgIpc) is 2.53. The number of fused-ring (bicyclic) bond motifs is 1. The van der Waals surface area contributed by atoms with Gasteiger partial charge in [-0.05, 0) is 43.9 Å². The second-order valence-corrected chi connectivity index (χ2v) is 5.45. The van der Waals surface area contributed by atoms with Crippen LogP contribution >= 0.6 is 0 Å². The summed E-state index contributed by atoms with van der Waals surface area (Å²) in [5, 5.41) is 4.46. The predicted octanol–water partition coefficient (Wildman–Crippen LogP) is 2.70. The van der Waals surface area contributed by atoms with Gasteiger partial charge in [-0.1, -0.05) is 12.1 Å². The van der Waals surface area contributed by atoms with Crippen molar-refractivity contribution in [3.05, 3.63) is 60.2 Å². The standard InChI is InChI=1S/C17H19N5/c1-22(2)12-16-20-15-6-4-3-5-14(15)17(21-16)19-11-13-7-9-18-10-8-13/h3-10H,11-12H2,1-2H3,(H,19,20,21). The van der Waals surface area contributed by atoms with Gasteiger partial charge in [-0.2, -0.15) is 0 Å². The maximum Gasteiger partial charge on any atom is 0.145 e. The van der Waals surface area contributed by atoms with Gasteiger partial charge in [-0.3, -0.25) is 4.98 Å². The van der Waals surface area contributed by atoms with Crippen molar-refractivity contribution in [2.75, 3.05) is 19.4 Å². The van der Waals surface area contributed by atoms with Crippen molar-refractivity contribution in [1.82, 2.24) is 19.9 Å². The van der Waals surface area contributed by atoms with Gasteiger partial charge in [0.25, 0.3) is 0 Å². The van der Waals surface area contributed by atoms with Gasteiger partial charge in [0, 0.05) is 24.3 Å². The summed E-state index contributed by atoms with van der Waals surface area (Å²) >= 11 is 0. The summed E-state index contributed by atoms with van der Waals surface area (Å²) in [6.45, 7) is 1.43. The van der Waals surface area contributed by atoms with Crippen LogP contribution in [0.25, 0.3) is 10.9 Å². The molecule has 0 saturated carbocycles. The third-order valence-electron chi connectivity index (χ3n) is 3.32. The number of hydrogen-bond acceptors (Lipinski definition) is 5. The molecule has 5 heteroatoms. The molecule has 2 aromatic heterocycles. The van der Waals surface area contributed by atoms with Crippen LogP contribution < -0.4 is 5.32 Å². The van der Waals surface area contributed by atoms with Gasteiger partial charge >= 0.3 is 0 Å². The fourth-order valence-corrected chi connectivity index (χ4v) is 2.30. The molecule has 0 spiro atoms. The predicted molar refractivity (Wildman–Crippen MR) is 88.5 cm³/mol. The molecule has 0 aliphatic heterocycles. The molecule has 0 fully saturated rings. The highest BCUT2D eigenvalue weighted by molar-refractivity contribution is 5.88. The van der Waals surface area contributed by atoms with Gasteiger partial charge in [0.2, 0.25) is 0 Å². The molecule has 2 heterocycles. The summed E-state index contributed by atoms with van der Waals surface area (Å²) < 4.78 is 0. The molecule has 0 radical (unpaired) electrons. The van der Waals surface area contributed by atoms with E-state index in [1.165, 1.54) is 5.56 Å². The van der Waals surface area contributed by atoms with Gasteiger partial charge < -0.3 is 10.2 Å². The Hall–Kier alpha value is -2.53. The van der Waals surface area contributed by atoms with Crippen molar-refractivity contribution in [2.45, 2.75) is 13.1 Å². The van der Waals surface area contributed by atoms with Crippen molar-refractivity contribution in [2.24, 2.45) is 0 Å². The summed E-state index contributed by atoms with van der Waals surface area (Å²) in [7, 11) is 4.03. The minimum absolute atomic E-state index is 0.713. The summed E-state index contributed by atoms with van der Waals surface area (Å²) in [5.41, 5.74) is 2.14. The normalized spacial score (nSPS) is 11.0. The van der Waals surface area contributed by atoms with Gasteiger partial charge in [-0.15, -0.1) is 0 Å². The van der Waals surface area contributed by atoms with E-state index < -0.39 is 0 Å². The molecule has 0 aliphatic carbocycles. The summed E-state index contributed by atoms with van der Waals surface area (Å²) in [4.78, 5) is 15.4. The Bertz CT molecular complexity index is 755. The quantitative estimate of drug-likeness (QED) is 0.784. The highest BCUT2D eigenvalue weighted by atomic mass is 15.1. The third kappa shape index (κ3) is 3.38. The Balaban J connectivity index is 1.92. The maximum absolute atomic E-state index is 4.68. The van der Waals surface area contributed by atoms with Gasteiger partial charge in [-0.25, -0.2) is 9.97 Å². The van der Waals surface area contributed by atoms with E-state index in [0.717, 1.165) is 29.1 Å². The van der Waals surface area contributed by atoms with Crippen molar-refractivity contribution in [3.63, 3.8) is 0 Å². The number of benzene rings is 1. The largest absolute Gasteiger partial charge is 0.365 e. The molecular weight excluding hydrogens is 274 g/mol. The van der Waals surface area contributed by atoms with Crippen LogP contribution in [0.2, 0.25) is 0 Å². The minimum Gasteiger partial charge on any atom is -0.365 e. The Morgan fingerprint density at radius 3 is 2.55 bits per heavy atom. The molecule has 112 valence electrons. The number of para-hydroxylation sites is 1. The van der Waals surface area contributed by atoms with Crippen LogP contribution in [0.3, 0.4) is 0 Å². The molecule has 5 nitrogen and oxygen atoms in total. The van der Waals surface area contributed by atoms with Crippen molar-refractivity contribution in [1.29, 1.82) is 0 Å². The Labute approximate surface area is 130 Å². The smallest absolute Gasteiger partial charge is 0.145 e. The van der Waals surface area contributed by atoms with Crippen LogP contribution in [0.15, 0.2) is 48.8 Å². The lowest BCUT2D eigenvalue weighted by atomic mass is 10.2. The van der Waals surface area contributed by atoms with E-state index in [0.29, 0.717) is 6.54 Å². The zero-order valence-electron chi connectivity index (χ0n) is 12.8. The van der Waals surface area contributed by atoms with Crippen LogP contribution in [0.5, 0.6) is 0 Å². The van der Waals surface area contributed by atoms with Crippen molar-refractivity contribution in [3.8, 4) is 0 Å². The highest BCUT2D eigenvalue weighted by Crippen LogP contribution is 2.21. The molecule has 0 bridgehead atoms. The molecule has 0 saturated heterocycles. The zero-order valence-corrected chi connectivity index (χ0v) is 12.8. The number of anilines is 1. The van der Waals surface area contributed by atoms with Crippen LogP contribution in [0.1, 0.15) is 11.4 Å². The Morgan fingerprint density at radius 2 is 1.77 bits per heavy atom. The van der Waals surface area contributed by atoms with Gasteiger partial charge in [0.05, 0.1) is 12.1 Å². The number of nitrogens with zero attached hydrogens (tertiary/aromatic N) is 4. The second kappa shape index (κ2) is 6.49. The molecule has 3 rings (SSSR count). The van der Waals surface area contributed by atoms with Crippen LogP contribution in [0.4, 0.5) is 5.82 Å². The first-order chi connectivity index (χ1) is 10.7. The molecule has 3 aromatic rings. The number of nitrogens with one attached hydrogen (secondary N) is 1. The fourth-order valence-electron chi connectivity index (χ4n) is 2.30. The number of pyridine rings is 1. The monoisotopic (exact) mass is 293 g/mol. The maximum atomic E-state index is 4.68. The first-order valence-electron chi connectivity index (χ1n) is 7.25. The second-order valence-electron chi connectivity index (χ2n) is 5.45. The zero-order chi connectivity index (χ0) is 15.4.